The van der Waals surface area contributed by atoms with Gasteiger partial charge in [0, 0.05) is 5.38 Å². The zero-order chi connectivity index (χ0) is 6.85. The number of nitrogens with zero attached hydrogens (tertiary/aromatic N) is 1. The molecule has 46 valence electrons. The summed E-state index contributed by atoms with van der Waals surface area (Å²) in [5.74, 6) is -0.107. The lowest BCUT2D eigenvalue weighted by Crippen LogP contribution is -1.63. The molecule has 0 aliphatic heterocycles. The Morgan fingerprint density at radius 3 is 2.67 bits per heavy atom. The van der Waals surface area contributed by atoms with Crippen LogP contribution in [0.3, 0.4) is 0 Å². The molecule has 1 aromatic heterocycles. The standard InChI is InChI=1S/C5H2ClNOS/c6-5-4(8)3(1-7)2-9-5/h2,8H. The highest BCUT2D eigenvalue weighted by atomic mass is 35.5. The lowest BCUT2D eigenvalue weighted by Gasteiger charge is -1.81. The molecule has 1 aromatic rings. The first-order valence-corrected chi connectivity index (χ1v) is 3.37. The second-order valence-electron chi connectivity index (χ2n) is 1.38. The van der Waals surface area contributed by atoms with Gasteiger partial charge < -0.3 is 5.11 Å². The van der Waals surface area contributed by atoms with E-state index in [9.17, 15) is 0 Å². The first-order valence-electron chi connectivity index (χ1n) is 2.11. The molecule has 0 unspecified atom stereocenters. The van der Waals surface area contributed by atoms with E-state index in [0.717, 1.165) is 11.3 Å². The van der Waals surface area contributed by atoms with Gasteiger partial charge in [0.25, 0.3) is 0 Å². The quantitative estimate of drug-likeness (QED) is 0.629. The molecule has 0 bridgehead atoms. The van der Waals surface area contributed by atoms with E-state index in [2.05, 4.69) is 0 Å². The fourth-order valence-electron chi connectivity index (χ4n) is 0.407. The molecule has 0 saturated heterocycles. The first-order chi connectivity index (χ1) is 4.25. The van der Waals surface area contributed by atoms with E-state index in [1.807, 2.05) is 0 Å². The third-order valence-corrected chi connectivity index (χ3v) is 2.04. The Balaban J connectivity index is 3.24. The molecule has 0 aliphatic carbocycles. The van der Waals surface area contributed by atoms with Crippen molar-refractivity contribution in [3.63, 3.8) is 0 Å². The fourth-order valence-corrected chi connectivity index (χ4v) is 1.25. The van der Waals surface area contributed by atoms with Gasteiger partial charge in [-0.05, 0) is 0 Å². The average Bonchev–Trinajstić information content (AvgIpc) is 2.15. The summed E-state index contributed by atoms with van der Waals surface area (Å²) in [7, 11) is 0. The maximum atomic E-state index is 8.89. The van der Waals surface area contributed by atoms with E-state index in [1.54, 1.807) is 6.07 Å². The molecule has 0 amide bonds. The molecule has 4 heteroatoms. The number of hydrogen-bond donors (Lipinski definition) is 1. The number of nitriles is 1. The van der Waals surface area contributed by atoms with Crippen LogP contribution >= 0.6 is 22.9 Å². The minimum atomic E-state index is -0.107. The predicted octanol–water partition coefficient (Wildman–Crippen LogP) is 1.98. The molecule has 0 saturated carbocycles. The van der Waals surface area contributed by atoms with Crippen molar-refractivity contribution in [2.45, 2.75) is 0 Å². The fraction of sp³-hybridized carbons (Fsp3) is 0. The number of hydrogen-bond acceptors (Lipinski definition) is 3. The maximum Gasteiger partial charge on any atom is 0.163 e. The highest BCUT2D eigenvalue weighted by Crippen LogP contribution is 2.32. The Hall–Kier alpha value is -0.720. The van der Waals surface area contributed by atoms with Crippen LogP contribution in [-0.2, 0) is 0 Å². The summed E-state index contributed by atoms with van der Waals surface area (Å²) >= 11 is 6.57. The van der Waals surface area contributed by atoms with Crippen LogP contribution in [0, 0.1) is 11.3 Å². The van der Waals surface area contributed by atoms with Crippen LogP contribution in [0.4, 0.5) is 0 Å². The number of aromatic hydroxyl groups is 1. The summed E-state index contributed by atoms with van der Waals surface area (Å²) in [6.45, 7) is 0. The van der Waals surface area contributed by atoms with Gasteiger partial charge in [0.2, 0.25) is 0 Å². The monoisotopic (exact) mass is 159 g/mol. The molecule has 1 heterocycles. The van der Waals surface area contributed by atoms with Crippen molar-refractivity contribution in [2.75, 3.05) is 0 Å². The van der Waals surface area contributed by atoms with Crippen molar-refractivity contribution >= 4 is 22.9 Å². The Morgan fingerprint density at radius 2 is 2.44 bits per heavy atom. The molecule has 0 aliphatic rings. The molecule has 9 heavy (non-hydrogen) atoms. The van der Waals surface area contributed by atoms with Gasteiger partial charge in [0.15, 0.2) is 5.75 Å². The summed E-state index contributed by atoms with van der Waals surface area (Å²) < 4.78 is 0.270. The van der Waals surface area contributed by atoms with Crippen molar-refractivity contribution in [1.29, 1.82) is 5.26 Å². The van der Waals surface area contributed by atoms with Crippen LogP contribution in [-0.4, -0.2) is 5.11 Å². The van der Waals surface area contributed by atoms with E-state index in [-0.39, 0.29) is 15.6 Å². The minimum absolute atomic E-state index is 0.107. The van der Waals surface area contributed by atoms with Gasteiger partial charge in [0.1, 0.15) is 16.0 Å². The van der Waals surface area contributed by atoms with Crippen molar-refractivity contribution in [3.8, 4) is 11.8 Å². The number of halogens is 1. The van der Waals surface area contributed by atoms with Crippen molar-refractivity contribution in [1.82, 2.24) is 0 Å². The molecule has 0 atom stereocenters. The van der Waals surface area contributed by atoms with Gasteiger partial charge in [0.05, 0.1) is 0 Å². The lowest BCUT2D eigenvalue weighted by atomic mass is 10.4. The van der Waals surface area contributed by atoms with Gasteiger partial charge >= 0.3 is 0 Å². The molecular weight excluding hydrogens is 158 g/mol. The smallest absolute Gasteiger partial charge is 0.163 e. The summed E-state index contributed by atoms with van der Waals surface area (Å²) in [6, 6.07) is 1.79. The normalized spacial score (nSPS) is 8.89. The summed E-state index contributed by atoms with van der Waals surface area (Å²) in [5, 5.41) is 18.7. The van der Waals surface area contributed by atoms with Crippen molar-refractivity contribution < 1.29 is 5.11 Å². The molecule has 2 nitrogen and oxygen atoms in total. The van der Waals surface area contributed by atoms with Crippen LogP contribution in [0.5, 0.6) is 5.75 Å². The second kappa shape index (κ2) is 2.26. The van der Waals surface area contributed by atoms with Gasteiger partial charge in [-0.2, -0.15) is 5.26 Å². The molecule has 1 N–H and O–H groups in total. The summed E-state index contributed by atoms with van der Waals surface area (Å²) in [6.07, 6.45) is 0. The van der Waals surface area contributed by atoms with E-state index in [1.165, 1.54) is 5.38 Å². The SMILES string of the molecule is N#Cc1csc(Cl)c1O. The minimum Gasteiger partial charge on any atom is -0.504 e. The van der Waals surface area contributed by atoms with Crippen LogP contribution in [0.2, 0.25) is 4.34 Å². The topological polar surface area (TPSA) is 44.0 Å². The average molecular weight is 160 g/mol. The highest BCUT2D eigenvalue weighted by molar-refractivity contribution is 7.15. The Bertz CT molecular complexity index is 262. The lowest BCUT2D eigenvalue weighted by molar-refractivity contribution is 0.476. The molecule has 0 aromatic carbocycles. The van der Waals surface area contributed by atoms with Gasteiger partial charge in [-0.1, -0.05) is 11.6 Å². The summed E-state index contributed by atoms with van der Waals surface area (Å²) in [4.78, 5) is 0. The predicted molar refractivity (Wildman–Crippen MR) is 35.7 cm³/mol. The van der Waals surface area contributed by atoms with Crippen molar-refractivity contribution in [2.24, 2.45) is 0 Å². The van der Waals surface area contributed by atoms with E-state index >= 15 is 0 Å². The van der Waals surface area contributed by atoms with Crippen LogP contribution in [0.15, 0.2) is 5.38 Å². The largest absolute Gasteiger partial charge is 0.504 e. The van der Waals surface area contributed by atoms with Gasteiger partial charge in [-0.3, -0.25) is 0 Å². The zero-order valence-electron chi connectivity index (χ0n) is 4.26. The molecular formula is C5H2ClNOS. The first kappa shape index (κ1) is 6.40. The molecule has 0 fully saturated rings. The molecule has 0 radical (unpaired) electrons. The number of thiophene rings is 1. The van der Waals surface area contributed by atoms with Crippen LogP contribution in [0.25, 0.3) is 0 Å². The summed E-state index contributed by atoms with van der Waals surface area (Å²) in [5.41, 5.74) is 0.241. The Morgan fingerprint density at radius 1 is 1.78 bits per heavy atom. The Labute approximate surface area is 60.9 Å². The van der Waals surface area contributed by atoms with Crippen LogP contribution in [0.1, 0.15) is 5.56 Å². The third kappa shape index (κ3) is 0.995. The maximum absolute atomic E-state index is 8.89. The van der Waals surface area contributed by atoms with Crippen LogP contribution < -0.4 is 0 Å². The number of rotatable bonds is 0. The van der Waals surface area contributed by atoms with E-state index in [4.69, 9.17) is 22.0 Å². The van der Waals surface area contributed by atoms with Crippen molar-refractivity contribution in [3.05, 3.63) is 15.3 Å². The van der Waals surface area contributed by atoms with E-state index < -0.39 is 0 Å². The molecule has 1 rings (SSSR count). The zero-order valence-corrected chi connectivity index (χ0v) is 5.83. The highest BCUT2D eigenvalue weighted by Gasteiger charge is 2.05. The Kier molecular flexibility index (Phi) is 1.60. The van der Waals surface area contributed by atoms with E-state index in [0.29, 0.717) is 0 Å². The van der Waals surface area contributed by atoms with Gasteiger partial charge in [-0.25, -0.2) is 0 Å². The second-order valence-corrected chi connectivity index (χ2v) is 2.87. The van der Waals surface area contributed by atoms with Gasteiger partial charge in [-0.15, -0.1) is 11.3 Å². The molecule has 0 spiro atoms. The third-order valence-electron chi connectivity index (χ3n) is 0.842.